The Morgan fingerprint density at radius 2 is 2.14 bits per heavy atom. The highest BCUT2D eigenvalue weighted by molar-refractivity contribution is 9.10. The second kappa shape index (κ2) is 7.87. The molecule has 112 valence electrons. The Hall–Kier alpha value is -0.970. The number of aromatic nitrogens is 1. The second-order valence-electron chi connectivity index (χ2n) is 4.85. The Labute approximate surface area is 137 Å². The van der Waals surface area contributed by atoms with Crippen LogP contribution in [0.2, 0.25) is 5.02 Å². The van der Waals surface area contributed by atoms with Gasteiger partial charge in [-0.3, -0.25) is 4.98 Å². The van der Waals surface area contributed by atoms with Crippen LogP contribution in [0.4, 0.5) is 4.39 Å². The van der Waals surface area contributed by atoms with Gasteiger partial charge in [-0.2, -0.15) is 0 Å². The van der Waals surface area contributed by atoms with Gasteiger partial charge in [-0.05, 0) is 55.3 Å². The quantitative estimate of drug-likeness (QED) is 0.779. The number of hydrogen-bond acceptors (Lipinski definition) is 2. The van der Waals surface area contributed by atoms with Crippen LogP contribution in [0.3, 0.4) is 0 Å². The summed E-state index contributed by atoms with van der Waals surface area (Å²) >= 11 is 9.26. The Morgan fingerprint density at radius 3 is 2.81 bits per heavy atom. The number of nitrogens with zero attached hydrogens (tertiary/aromatic N) is 1. The number of halogens is 3. The summed E-state index contributed by atoms with van der Waals surface area (Å²) in [7, 11) is 0. The van der Waals surface area contributed by atoms with Gasteiger partial charge in [0.1, 0.15) is 5.82 Å². The maximum absolute atomic E-state index is 13.9. The molecule has 0 aliphatic heterocycles. The molecule has 5 heteroatoms. The average molecular weight is 372 g/mol. The first-order valence-electron chi connectivity index (χ1n) is 6.89. The molecule has 2 rings (SSSR count). The predicted octanol–water partition coefficient (Wildman–Crippen LogP) is 4.92. The third-order valence-electron chi connectivity index (χ3n) is 3.18. The molecule has 0 aliphatic rings. The molecule has 0 bridgehead atoms. The van der Waals surface area contributed by atoms with Gasteiger partial charge in [-0.15, -0.1) is 0 Å². The third kappa shape index (κ3) is 4.77. The van der Waals surface area contributed by atoms with Crippen LogP contribution in [0.25, 0.3) is 0 Å². The van der Waals surface area contributed by atoms with Crippen molar-refractivity contribution in [3.63, 3.8) is 0 Å². The molecule has 2 nitrogen and oxygen atoms in total. The van der Waals surface area contributed by atoms with Gasteiger partial charge in [0.05, 0.1) is 16.8 Å². The van der Waals surface area contributed by atoms with Crippen LogP contribution in [-0.4, -0.2) is 11.5 Å². The molecular weight excluding hydrogens is 355 g/mol. The summed E-state index contributed by atoms with van der Waals surface area (Å²) in [5, 5.41) is 4.01. The van der Waals surface area contributed by atoms with Crippen LogP contribution in [0, 0.1) is 5.82 Å². The van der Waals surface area contributed by atoms with Gasteiger partial charge in [0.25, 0.3) is 0 Å². The van der Waals surface area contributed by atoms with E-state index in [0.717, 1.165) is 23.1 Å². The zero-order valence-corrected chi connectivity index (χ0v) is 14.1. The number of hydrogen-bond donors (Lipinski definition) is 1. The van der Waals surface area contributed by atoms with Crippen molar-refractivity contribution < 1.29 is 4.39 Å². The standard InChI is InChI=1S/C16H17BrClFN2/c1-2-7-20-16(15-6-4-13(18)10-21-15)9-11-8-12(17)3-5-14(11)19/h3-6,8,10,16,20H,2,7,9H2,1H3. The average Bonchev–Trinajstić information content (AvgIpc) is 2.48. The van der Waals surface area contributed by atoms with Crippen molar-refractivity contribution in [2.75, 3.05) is 6.54 Å². The Kier molecular flexibility index (Phi) is 6.15. The molecular formula is C16H17BrClFN2. The minimum Gasteiger partial charge on any atom is -0.308 e. The lowest BCUT2D eigenvalue weighted by Gasteiger charge is -2.18. The molecule has 0 aliphatic carbocycles. The zero-order chi connectivity index (χ0) is 15.2. The van der Waals surface area contributed by atoms with E-state index < -0.39 is 0 Å². The smallest absolute Gasteiger partial charge is 0.126 e. The van der Waals surface area contributed by atoms with Crippen LogP contribution >= 0.6 is 27.5 Å². The molecule has 0 saturated heterocycles. The molecule has 1 aromatic heterocycles. The molecule has 1 N–H and O–H groups in total. The van der Waals surface area contributed by atoms with Crippen molar-refractivity contribution in [2.45, 2.75) is 25.8 Å². The minimum absolute atomic E-state index is 0.0361. The molecule has 21 heavy (non-hydrogen) atoms. The maximum atomic E-state index is 13.9. The van der Waals surface area contributed by atoms with Gasteiger partial charge >= 0.3 is 0 Å². The number of benzene rings is 1. The first kappa shape index (κ1) is 16.4. The molecule has 1 unspecified atom stereocenters. The van der Waals surface area contributed by atoms with E-state index in [4.69, 9.17) is 11.6 Å². The normalized spacial score (nSPS) is 12.4. The van der Waals surface area contributed by atoms with Gasteiger partial charge in [0.15, 0.2) is 0 Å². The van der Waals surface area contributed by atoms with E-state index >= 15 is 0 Å². The molecule has 0 radical (unpaired) electrons. The Balaban J connectivity index is 2.23. The zero-order valence-electron chi connectivity index (χ0n) is 11.7. The van der Waals surface area contributed by atoms with Gasteiger partial charge in [0, 0.05) is 10.7 Å². The van der Waals surface area contributed by atoms with E-state index in [1.807, 2.05) is 18.2 Å². The molecule has 0 spiro atoms. The summed E-state index contributed by atoms with van der Waals surface area (Å²) in [6, 6.07) is 8.64. The van der Waals surface area contributed by atoms with E-state index in [-0.39, 0.29) is 11.9 Å². The summed E-state index contributed by atoms with van der Waals surface area (Å²) < 4.78 is 14.8. The largest absolute Gasteiger partial charge is 0.308 e. The van der Waals surface area contributed by atoms with Gasteiger partial charge in [0.2, 0.25) is 0 Å². The lowest BCUT2D eigenvalue weighted by atomic mass is 10.0. The van der Waals surface area contributed by atoms with E-state index in [0.29, 0.717) is 17.0 Å². The van der Waals surface area contributed by atoms with E-state index in [2.05, 4.69) is 33.2 Å². The van der Waals surface area contributed by atoms with Crippen LogP contribution in [0.1, 0.15) is 30.6 Å². The number of rotatable bonds is 6. The fourth-order valence-electron chi connectivity index (χ4n) is 2.11. The highest BCUT2D eigenvalue weighted by atomic mass is 79.9. The fraction of sp³-hybridized carbons (Fsp3) is 0.312. The second-order valence-corrected chi connectivity index (χ2v) is 6.20. The minimum atomic E-state index is -0.199. The first-order chi connectivity index (χ1) is 10.1. The molecule has 1 heterocycles. The Bertz CT molecular complexity index is 589. The molecule has 1 atom stereocenters. The summed E-state index contributed by atoms with van der Waals surface area (Å²) in [5.74, 6) is -0.199. The topological polar surface area (TPSA) is 24.9 Å². The lowest BCUT2D eigenvalue weighted by Crippen LogP contribution is -2.25. The van der Waals surface area contributed by atoms with Crippen LogP contribution in [0.5, 0.6) is 0 Å². The fourth-order valence-corrected chi connectivity index (χ4v) is 2.63. The summed E-state index contributed by atoms with van der Waals surface area (Å²) in [6.45, 7) is 2.95. The molecule has 0 amide bonds. The molecule has 0 saturated carbocycles. The SMILES string of the molecule is CCCNC(Cc1cc(Br)ccc1F)c1ccc(Cl)cn1. The number of nitrogens with one attached hydrogen (secondary N) is 1. The monoisotopic (exact) mass is 370 g/mol. The summed E-state index contributed by atoms with van der Waals surface area (Å²) in [4.78, 5) is 4.35. The van der Waals surface area contributed by atoms with Crippen LogP contribution < -0.4 is 5.32 Å². The van der Waals surface area contributed by atoms with Crippen molar-refractivity contribution in [2.24, 2.45) is 0 Å². The van der Waals surface area contributed by atoms with E-state index in [9.17, 15) is 4.39 Å². The first-order valence-corrected chi connectivity index (χ1v) is 8.06. The molecule has 1 aromatic carbocycles. The van der Waals surface area contributed by atoms with Crippen molar-refractivity contribution in [1.29, 1.82) is 0 Å². The lowest BCUT2D eigenvalue weighted by molar-refractivity contribution is 0.503. The van der Waals surface area contributed by atoms with Gasteiger partial charge in [-0.1, -0.05) is 34.5 Å². The van der Waals surface area contributed by atoms with Crippen molar-refractivity contribution in [1.82, 2.24) is 10.3 Å². The highest BCUT2D eigenvalue weighted by Crippen LogP contribution is 2.22. The molecule has 2 aromatic rings. The van der Waals surface area contributed by atoms with Crippen LogP contribution in [-0.2, 0) is 6.42 Å². The van der Waals surface area contributed by atoms with Gasteiger partial charge in [-0.25, -0.2) is 4.39 Å². The third-order valence-corrected chi connectivity index (χ3v) is 3.90. The van der Waals surface area contributed by atoms with Crippen molar-refractivity contribution in [3.05, 3.63) is 63.1 Å². The predicted molar refractivity (Wildman–Crippen MR) is 88.1 cm³/mol. The Morgan fingerprint density at radius 1 is 1.33 bits per heavy atom. The maximum Gasteiger partial charge on any atom is 0.126 e. The highest BCUT2D eigenvalue weighted by Gasteiger charge is 2.15. The van der Waals surface area contributed by atoms with Crippen molar-refractivity contribution >= 4 is 27.5 Å². The van der Waals surface area contributed by atoms with Crippen molar-refractivity contribution in [3.8, 4) is 0 Å². The summed E-state index contributed by atoms with van der Waals surface area (Å²) in [6.07, 6.45) is 3.17. The van der Waals surface area contributed by atoms with E-state index in [1.165, 1.54) is 6.07 Å². The van der Waals surface area contributed by atoms with Gasteiger partial charge < -0.3 is 5.32 Å². The molecule has 0 fully saturated rings. The van der Waals surface area contributed by atoms with E-state index in [1.54, 1.807) is 12.3 Å². The van der Waals surface area contributed by atoms with Crippen LogP contribution in [0.15, 0.2) is 41.0 Å². The summed E-state index contributed by atoms with van der Waals surface area (Å²) in [5.41, 5.74) is 1.53. The number of pyridine rings is 1.